The Balaban J connectivity index is 1.77. The van der Waals surface area contributed by atoms with E-state index >= 15 is 0 Å². The maximum atomic E-state index is 12.9. The molecule has 9 heteroatoms. The SMILES string of the molecule is Cc1ccc(S(=O)(=O)N(C)c2ccc(OC(=O)c3ccc([N+](=O)[O-])c(C)c3)cc2)cc1C. The zero-order valence-corrected chi connectivity index (χ0v) is 18.8. The summed E-state index contributed by atoms with van der Waals surface area (Å²) in [4.78, 5) is 23.0. The van der Waals surface area contributed by atoms with Crippen molar-refractivity contribution in [3.05, 3.63) is 93.0 Å². The van der Waals surface area contributed by atoms with Crippen molar-refractivity contribution in [2.45, 2.75) is 25.7 Å². The molecule has 0 aliphatic carbocycles. The van der Waals surface area contributed by atoms with Crippen LogP contribution in [-0.2, 0) is 10.0 Å². The molecule has 3 rings (SSSR count). The second kappa shape index (κ2) is 8.80. The van der Waals surface area contributed by atoms with Crippen LogP contribution in [-0.4, -0.2) is 26.4 Å². The number of ether oxygens (including phenoxy) is 1. The molecule has 0 amide bonds. The van der Waals surface area contributed by atoms with Crippen LogP contribution in [0.4, 0.5) is 11.4 Å². The monoisotopic (exact) mass is 454 g/mol. The molecule has 0 unspecified atom stereocenters. The fraction of sp³-hybridized carbons (Fsp3) is 0.174. The first kappa shape index (κ1) is 23.0. The molecule has 0 aliphatic heterocycles. The first-order chi connectivity index (χ1) is 15.0. The highest BCUT2D eigenvalue weighted by atomic mass is 32.2. The summed E-state index contributed by atoms with van der Waals surface area (Å²) in [7, 11) is -2.31. The number of hydrogen-bond acceptors (Lipinski definition) is 6. The summed E-state index contributed by atoms with van der Waals surface area (Å²) in [5, 5.41) is 10.9. The molecule has 0 fully saturated rings. The number of esters is 1. The van der Waals surface area contributed by atoms with E-state index in [0.29, 0.717) is 11.3 Å². The molecule has 3 aromatic carbocycles. The van der Waals surface area contributed by atoms with E-state index in [1.165, 1.54) is 56.4 Å². The molecule has 0 aromatic heterocycles. The Morgan fingerprint density at radius 3 is 2.12 bits per heavy atom. The van der Waals surface area contributed by atoms with Gasteiger partial charge in [0.25, 0.3) is 15.7 Å². The topological polar surface area (TPSA) is 107 Å². The van der Waals surface area contributed by atoms with E-state index in [4.69, 9.17) is 4.74 Å². The zero-order valence-electron chi connectivity index (χ0n) is 18.0. The van der Waals surface area contributed by atoms with Gasteiger partial charge >= 0.3 is 5.97 Å². The van der Waals surface area contributed by atoms with Gasteiger partial charge in [0.2, 0.25) is 0 Å². The summed E-state index contributed by atoms with van der Waals surface area (Å²) in [5.41, 5.74) is 2.71. The van der Waals surface area contributed by atoms with Gasteiger partial charge in [-0.05, 0) is 80.4 Å². The van der Waals surface area contributed by atoms with Crippen LogP contribution in [0.25, 0.3) is 0 Å². The third-order valence-corrected chi connectivity index (χ3v) is 6.96. The molecule has 0 radical (unpaired) electrons. The molecule has 32 heavy (non-hydrogen) atoms. The number of nitro benzene ring substituents is 1. The lowest BCUT2D eigenvalue weighted by Gasteiger charge is -2.20. The highest BCUT2D eigenvalue weighted by Crippen LogP contribution is 2.26. The average Bonchev–Trinajstić information content (AvgIpc) is 2.75. The smallest absolute Gasteiger partial charge is 0.343 e. The van der Waals surface area contributed by atoms with Crippen molar-refractivity contribution < 1.29 is 22.9 Å². The van der Waals surface area contributed by atoms with Crippen molar-refractivity contribution in [3.63, 3.8) is 0 Å². The lowest BCUT2D eigenvalue weighted by Crippen LogP contribution is -2.26. The number of anilines is 1. The first-order valence-electron chi connectivity index (χ1n) is 9.64. The predicted octanol–water partition coefficient (Wildman–Crippen LogP) is 4.56. The molecule has 166 valence electrons. The van der Waals surface area contributed by atoms with Crippen LogP contribution in [0.1, 0.15) is 27.0 Å². The Bertz CT molecular complexity index is 1300. The molecule has 0 saturated heterocycles. The van der Waals surface area contributed by atoms with Crippen molar-refractivity contribution in [2.24, 2.45) is 0 Å². The second-order valence-electron chi connectivity index (χ2n) is 7.36. The lowest BCUT2D eigenvalue weighted by molar-refractivity contribution is -0.385. The second-order valence-corrected chi connectivity index (χ2v) is 9.33. The van der Waals surface area contributed by atoms with Gasteiger partial charge in [-0.15, -0.1) is 0 Å². The third-order valence-electron chi connectivity index (χ3n) is 5.18. The molecule has 0 bridgehead atoms. The van der Waals surface area contributed by atoms with Gasteiger partial charge in [0.05, 0.1) is 21.1 Å². The van der Waals surface area contributed by atoms with E-state index in [1.54, 1.807) is 18.2 Å². The van der Waals surface area contributed by atoms with Crippen molar-refractivity contribution in [3.8, 4) is 5.75 Å². The van der Waals surface area contributed by atoms with E-state index in [-0.39, 0.29) is 21.9 Å². The standard InChI is InChI=1S/C23H22N2O6S/c1-15-5-11-21(14-16(15)2)32(29,30)24(4)19-7-9-20(10-8-19)31-23(26)18-6-12-22(25(27)28)17(3)13-18/h5-14H,1-4H3. The van der Waals surface area contributed by atoms with E-state index in [9.17, 15) is 23.3 Å². The van der Waals surface area contributed by atoms with E-state index in [0.717, 1.165) is 15.4 Å². The molecule has 8 nitrogen and oxygen atoms in total. The Labute approximate surface area is 186 Å². The zero-order chi connectivity index (χ0) is 23.6. The van der Waals surface area contributed by atoms with Gasteiger partial charge in [-0.1, -0.05) is 6.07 Å². The number of carbonyl (C=O) groups is 1. The molecule has 0 aliphatic rings. The molecular weight excluding hydrogens is 432 g/mol. The lowest BCUT2D eigenvalue weighted by atomic mass is 10.1. The highest BCUT2D eigenvalue weighted by Gasteiger charge is 2.22. The summed E-state index contributed by atoms with van der Waals surface area (Å²) in [6.45, 7) is 5.30. The van der Waals surface area contributed by atoms with Crippen LogP contribution in [0.15, 0.2) is 65.6 Å². The van der Waals surface area contributed by atoms with Crippen LogP contribution in [0, 0.1) is 30.9 Å². The number of aryl methyl sites for hydroxylation is 3. The summed E-state index contributed by atoms with van der Waals surface area (Å²) in [6, 6.07) is 14.9. The number of nitro groups is 1. The molecule has 0 atom stereocenters. The number of sulfonamides is 1. The van der Waals surface area contributed by atoms with E-state index < -0.39 is 20.9 Å². The highest BCUT2D eigenvalue weighted by molar-refractivity contribution is 7.92. The van der Waals surface area contributed by atoms with Gasteiger partial charge in [-0.2, -0.15) is 0 Å². The van der Waals surface area contributed by atoms with Crippen molar-refractivity contribution in [1.82, 2.24) is 0 Å². The van der Waals surface area contributed by atoms with Gasteiger partial charge in [-0.25, -0.2) is 13.2 Å². The Morgan fingerprint density at radius 1 is 0.906 bits per heavy atom. The van der Waals surface area contributed by atoms with Crippen LogP contribution in [0.3, 0.4) is 0 Å². The van der Waals surface area contributed by atoms with Gasteiger partial charge in [-0.3, -0.25) is 14.4 Å². The molecule has 0 heterocycles. The van der Waals surface area contributed by atoms with Crippen molar-refractivity contribution in [2.75, 3.05) is 11.4 Å². The summed E-state index contributed by atoms with van der Waals surface area (Å²) in [6.07, 6.45) is 0. The van der Waals surface area contributed by atoms with Crippen LogP contribution in [0.2, 0.25) is 0 Å². The minimum absolute atomic E-state index is 0.0843. The average molecular weight is 455 g/mol. The van der Waals surface area contributed by atoms with Crippen LogP contribution < -0.4 is 9.04 Å². The van der Waals surface area contributed by atoms with Crippen LogP contribution in [0.5, 0.6) is 5.75 Å². The van der Waals surface area contributed by atoms with Gasteiger partial charge in [0.15, 0.2) is 0 Å². The molecular formula is C23H22N2O6S. The van der Waals surface area contributed by atoms with Crippen molar-refractivity contribution in [1.29, 1.82) is 0 Å². The summed E-state index contributed by atoms with van der Waals surface area (Å²) in [5.74, 6) is -0.460. The number of carbonyl (C=O) groups excluding carboxylic acids is 1. The largest absolute Gasteiger partial charge is 0.423 e. The minimum Gasteiger partial charge on any atom is -0.423 e. The van der Waals surface area contributed by atoms with E-state index in [1.807, 2.05) is 13.8 Å². The maximum absolute atomic E-state index is 12.9. The molecule has 0 spiro atoms. The summed E-state index contributed by atoms with van der Waals surface area (Å²) >= 11 is 0. The number of benzene rings is 3. The third kappa shape index (κ3) is 4.62. The number of hydrogen-bond donors (Lipinski definition) is 0. The summed E-state index contributed by atoms with van der Waals surface area (Å²) < 4.78 is 32.4. The number of rotatable bonds is 6. The van der Waals surface area contributed by atoms with Gasteiger partial charge < -0.3 is 4.74 Å². The maximum Gasteiger partial charge on any atom is 0.343 e. The molecule has 0 N–H and O–H groups in total. The number of nitrogens with zero attached hydrogens (tertiary/aromatic N) is 2. The Kier molecular flexibility index (Phi) is 6.31. The van der Waals surface area contributed by atoms with Crippen molar-refractivity contribution >= 4 is 27.4 Å². The molecule has 0 saturated carbocycles. The van der Waals surface area contributed by atoms with Gasteiger partial charge in [0, 0.05) is 18.7 Å². The Hall–Kier alpha value is -3.72. The quantitative estimate of drug-likeness (QED) is 0.234. The predicted molar refractivity (Wildman–Crippen MR) is 121 cm³/mol. The normalized spacial score (nSPS) is 11.1. The van der Waals surface area contributed by atoms with Gasteiger partial charge in [0.1, 0.15) is 5.75 Å². The first-order valence-corrected chi connectivity index (χ1v) is 11.1. The minimum atomic E-state index is -3.76. The Morgan fingerprint density at radius 2 is 1.56 bits per heavy atom. The van der Waals surface area contributed by atoms with E-state index in [2.05, 4.69) is 0 Å². The fourth-order valence-corrected chi connectivity index (χ4v) is 4.33. The molecule has 3 aromatic rings. The fourth-order valence-electron chi connectivity index (χ4n) is 3.05. The van der Waals surface area contributed by atoms with Crippen LogP contribution >= 0.6 is 0 Å².